The number of nitrogens with zero attached hydrogens (tertiary/aromatic N) is 2. The molecule has 1 amide bonds. The van der Waals surface area contributed by atoms with E-state index in [4.69, 9.17) is 14.5 Å². The number of aromatic nitrogens is 1. The van der Waals surface area contributed by atoms with Crippen molar-refractivity contribution in [2.45, 2.75) is 0 Å². The predicted molar refractivity (Wildman–Crippen MR) is 131 cm³/mol. The number of carbonyl (C=O) groups excluding carboxylic acids is 1. The summed E-state index contributed by atoms with van der Waals surface area (Å²) in [7, 11) is 3.03. The average Bonchev–Trinajstić information content (AvgIpc) is 2.84. The van der Waals surface area contributed by atoms with Crippen LogP contribution in [0.25, 0.3) is 22.2 Å². The van der Waals surface area contributed by atoms with Crippen molar-refractivity contribution in [2.24, 2.45) is 5.10 Å². The molecule has 0 radical (unpaired) electrons. The van der Waals surface area contributed by atoms with Crippen LogP contribution in [-0.2, 0) is 0 Å². The minimum atomic E-state index is -0.393. The molecule has 0 saturated heterocycles. The molecule has 166 valence electrons. The van der Waals surface area contributed by atoms with Crippen LogP contribution in [0.4, 0.5) is 0 Å². The lowest BCUT2D eigenvalue weighted by Crippen LogP contribution is -2.18. The standard InChI is InChI=1S/C25H20BrN3O4/c1-32-18-8-9-21-19(12-18)20(13-22(28-21)16-4-6-17(26)7-5-16)25(31)29-27-14-15-3-10-23(30)24(11-15)33-2/h3-14,30H,1-2H3,(H,29,31). The summed E-state index contributed by atoms with van der Waals surface area (Å²) in [6.07, 6.45) is 1.47. The number of pyridine rings is 1. The summed E-state index contributed by atoms with van der Waals surface area (Å²) in [5, 5.41) is 14.4. The molecule has 8 heteroatoms. The van der Waals surface area contributed by atoms with E-state index in [1.54, 1.807) is 37.4 Å². The Morgan fingerprint density at radius 3 is 2.55 bits per heavy atom. The number of nitrogens with one attached hydrogen (secondary N) is 1. The van der Waals surface area contributed by atoms with Crippen LogP contribution in [0.15, 0.2) is 76.3 Å². The van der Waals surface area contributed by atoms with E-state index in [9.17, 15) is 9.90 Å². The molecule has 0 unspecified atom stereocenters. The summed E-state index contributed by atoms with van der Waals surface area (Å²) in [6.45, 7) is 0. The van der Waals surface area contributed by atoms with Crippen LogP contribution < -0.4 is 14.9 Å². The summed E-state index contributed by atoms with van der Waals surface area (Å²) in [5.41, 5.74) is 5.84. The first-order chi connectivity index (χ1) is 16.0. The van der Waals surface area contributed by atoms with Gasteiger partial charge in [-0.25, -0.2) is 10.4 Å². The first-order valence-electron chi connectivity index (χ1n) is 9.93. The Balaban J connectivity index is 1.69. The molecule has 4 aromatic rings. The zero-order valence-corrected chi connectivity index (χ0v) is 19.5. The number of aromatic hydroxyl groups is 1. The molecule has 4 rings (SSSR count). The number of rotatable bonds is 6. The molecule has 3 aromatic carbocycles. The number of fused-ring (bicyclic) bond motifs is 1. The van der Waals surface area contributed by atoms with Crippen molar-refractivity contribution in [1.82, 2.24) is 10.4 Å². The zero-order valence-electron chi connectivity index (χ0n) is 17.9. The first-order valence-corrected chi connectivity index (χ1v) is 10.7. The largest absolute Gasteiger partial charge is 0.504 e. The summed E-state index contributed by atoms with van der Waals surface area (Å²) in [4.78, 5) is 17.8. The van der Waals surface area contributed by atoms with Crippen LogP contribution in [0.3, 0.4) is 0 Å². The van der Waals surface area contributed by atoms with Gasteiger partial charge in [0, 0.05) is 15.4 Å². The molecular weight excluding hydrogens is 486 g/mol. The second kappa shape index (κ2) is 9.70. The number of amides is 1. The van der Waals surface area contributed by atoms with Gasteiger partial charge in [0.05, 0.1) is 37.2 Å². The predicted octanol–water partition coefficient (Wildman–Crippen LogP) is 5.15. The summed E-state index contributed by atoms with van der Waals surface area (Å²) < 4.78 is 11.4. The van der Waals surface area contributed by atoms with Crippen LogP contribution in [-0.4, -0.2) is 36.4 Å². The second-order valence-corrected chi connectivity index (χ2v) is 7.99. The van der Waals surface area contributed by atoms with Crippen LogP contribution in [0.1, 0.15) is 15.9 Å². The molecule has 0 aliphatic rings. The van der Waals surface area contributed by atoms with E-state index in [1.807, 2.05) is 30.3 Å². The Kier molecular flexibility index (Phi) is 6.55. The molecule has 0 atom stereocenters. The van der Waals surface area contributed by atoms with Crippen LogP contribution >= 0.6 is 15.9 Å². The Bertz CT molecular complexity index is 1350. The number of benzene rings is 3. The van der Waals surface area contributed by atoms with Gasteiger partial charge in [0.25, 0.3) is 5.91 Å². The third-order valence-electron chi connectivity index (χ3n) is 4.98. The minimum Gasteiger partial charge on any atom is -0.504 e. The van der Waals surface area contributed by atoms with Gasteiger partial charge in [-0.2, -0.15) is 5.10 Å². The van der Waals surface area contributed by atoms with Crippen molar-refractivity contribution in [3.63, 3.8) is 0 Å². The summed E-state index contributed by atoms with van der Waals surface area (Å²) in [6, 6.07) is 19.6. The van der Waals surface area contributed by atoms with Crippen molar-refractivity contribution in [3.05, 3.63) is 82.3 Å². The highest BCUT2D eigenvalue weighted by atomic mass is 79.9. The maximum Gasteiger partial charge on any atom is 0.272 e. The molecule has 7 nitrogen and oxygen atoms in total. The van der Waals surface area contributed by atoms with E-state index >= 15 is 0 Å². The number of halogens is 1. The van der Waals surface area contributed by atoms with Crippen LogP contribution in [0.5, 0.6) is 17.2 Å². The van der Waals surface area contributed by atoms with E-state index in [-0.39, 0.29) is 5.75 Å². The molecule has 2 N–H and O–H groups in total. The smallest absolute Gasteiger partial charge is 0.272 e. The SMILES string of the molecule is COc1ccc2nc(-c3ccc(Br)cc3)cc(C(=O)NN=Cc3ccc(O)c(OC)c3)c2c1. The lowest BCUT2D eigenvalue weighted by Gasteiger charge is -2.10. The molecule has 0 aliphatic heterocycles. The minimum absolute atomic E-state index is 0.0244. The number of hydrogen-bond donors (Lipinski definition) is 2. The van der Waals surface area contributed by atoms with Gasteiger partial charge in [-0.05, 0) is 60.2 Å². The monoisotopic (exact) mass is 505 g/mol. The topological polar surface area (TPSA) is 93.0 Å². The van der Waals surface area contributed by atoms with Gasteiger partial charge < -0.3 is 14.6 Å². The van der Waals surface area contributed by atoms with Crippen molar-refractivity contribution >= 4 is 39.0 Å². The maximum atomic E-state index is 13.1. The highest BCUT2D eigenvalue weighted by Crippen LogP contribution is 2.29. The second-order valence-electron chi connectivity index (χ2n) is 7.08. The molecule has 0 spiro atoms. The van der Waals surface area contributed by atoms with Crippen molar-refractivity contribution < 1.29 is 19.4 Å². The van der Waals surface area contributed by atoms with Gasteiger partial charge in [0.1, 0.15) is 5.75 Å². The third kappa shape index (κ3) is 4.96. The van der Waals surface area contributed by atoms with E-state index in [1.165, 1.54) is 19.4 Å². The number of ether oxygens (including phenoxy) is 2. The van der Waals surface area contributed by atoms with Crippen LogP contribution in [0.2, 0.25) is 0 Å². The summed E-state index contributed by atoms with van der Waals surface area (Å²) in [5.74, 6) is 0.568. The number of methoxy groups -OCH3 is 2. The first kappa shape index (κ1) is 22.3. The molecule has 0 saturated carbocycles. The third-order valence-corrected chi connectivity index (χ3v) is 5.51. The fourth-order valence-corrected chi connectivity index (χ4v) is 3.55. The van der Waals surface area contributed by atoms with E-state index in [0.717, 1.165) is 10.0 Å². The number of hydrogen-bond acceptors (Lipinski definition) is 6. The fourth-order valence-electron chi connectivity index (χ4n) is 3.29. The Morgan fingerprint density at radius 1 is 1.03 bits per heavy atom. The van der Waals surface area contributed by atoms with Crippen LogP contribution in [0, 0.1) is 0 Å². The van der Waals surface area contributed by atoms with Gasteiger partial charge in [0.15, 0.2) is 11.5 Å². The van der Waals surface area contributed by atoms with Gasteiger partial charge in [0.2, 0.25) is 0 Å². The molecule has 33 heavy (non-hydrogen) atoms. The lowest BCUT2D eigenvalue weighted by atomic mass is 10.0. The highest BCUT2D eigenvalue weighted by molar-refractivity contribution is 9.10. The Morgan fingerprint density at radius 2 is 1.82 bits per heavy atom. The fraction of sp³-hybridized carbons (Fsp3) is 0.0800. The molecule has 0 aliphatic carbocycles. The maximum absolute atomic E-state index is 13.1. The van der Waals surface area contributed by atoms with E-state index in [2.05, 4.69) is 26.5 Å². The number of phenolic OH excluding ortho intramolecular Hbond substituents is 1. The number of carbonyl (C=O) groups is 1. The van der Waals surface area contributed by atoms with Gasteiger partial charge >= 0.3 is 0 Å². The molecule has 0 bridgehead atoms. The summed E-state index contributed by atoms with van der Waals surface area (Å²) >= 11 is 3.44. The normalized spacial score (nSPS) is 11.0. The number of phenols is 1. The molecule has 1 heterocycles. The van der Waals surface area contributed by atoms with Crippen molar-refractivity contribution in [1.29, 1.82) is 0 Å². The highest BCUT2D eigenvalue weighted by Gasteiger charge is 2.15. The van der Waals surface area contributed by atoms with E-state index in [0.29, 0.717) is 39.2 Å². The van der Waals surface area contributed by atoms with Gasteiger partial charge in [-0.3, -0.25) is 4.79 Å². The number of hydrazone groups is 1. The van der Waals surface area contributed by atoms with Gasteiger partial charge in [-0.15, -0.1) is 0 Å². The molecule has 1 aromatic heterocycles. The Hall–Kier alpha value is -3.91. The Labute approximate surface area is 198 Å². The lowest BCUT2D eigenvalue weighted by molar-refractivity contribution is 0.0956. The zero-order chi connectivity index (χ0) is 23.4. The quantitative estimate of drug-likeness (QED) is 0.279. The van der Waals surface area contributed by atoms with Crippen molar-refractivity contribution in [2.75, 3.05) is 14.2 Å². The van der Waals surface area contributed by atoms with Crippen molar-refractivity contribution in [3.8, 4) is 28.5 Å². The van der Waals surface area contributed by atoms with Gasteiger partial charge in [-0.1, -0.05) is 28.1 Å². The average molecular weight is 506 g/mol. The molecular formula is C25H20BrN3O4. The van der Waals surface area contributed by atoms with E-state index < -0.39 is 5.91 Å². The molecule has 0 fully saturated rings.